The Morgan fingerprint density at radius 1 is 1.20 bits per heavy atom. The second kappa shape index (κ2) is 6.10. The Balaban J connectivity index is 2.27. The summed E-state index contributed by atoms with van der Waals surface area (Å²) in [6.07, 6.45) is 0. The summed E-state index contributed by atoms with van der Waals surface area (Å²) in [6, 6.07) is 12.5. The first-order valence-corrected chi connectivity index (χ1v) is 6.41. The molecule has 0 fully saturated rings. The fourth-order valence-corrected chi connectivity index (χ4v) is 1.77. The lowest BCUT2D eigenvalue weighted by atomic mass is 10.2. The Bertz CT molecular complexity index is 623. The number of benzene rings is 2. The molecule has 0 aliphatic carbocycles. The Hall–Kier alpha value is -2.49. The summed E-state index contributed by atoms with van der Waals surface area (Å²) in [5.74, 6) is 0.737. The van der Waals surface area contributed by atoms with E-state index in [-0.39, 0.29) is 5.97 Å². The summed E-state index contributed by atoms with van der Waals surface area (Å²) < 4.78 is 10.7. The fraction of sp³-hybridized carbons (Fsp3) is 0.188. The van der Waals surface area contributed by atoms with Crippen LogP contribution in [-0.2, 0) is 4.74 Å². The molecule has 0 aromatic heterocycles. The summed E-state index contributed by atoms with van der Waals surface area (Å²) >= 11 is 0. The number of anilines is 1. The van der Waals surface area contributed by atoms with Crippen molar-refractivity contribution in [2.45, 2.75) is 13.8 Å². The summed E-state index contributed by atoms with van der Waals surface area (Å²) in [6.45, 7) is 4.07. The van der Waals surface area contributed by atoms with E-state index in [1.165, 1.54) is 0 Å². The second-order valence-corrected chi connectivity index (χ2v) is 4.39. The molecular weight excluding hydrogens is 254 g/mol. The van der Waals surface area contributed by atoms with Crippen LogP contribution in [0.5, 0.6) is 11.5 Å². The van der Waals surface area contributed by atoms with E-state index in [2.05, 4.69) is 0 Å². The third kappa shape index (κ3) is 3.29. The van der Waals surface area contributed by atoms with Crippen LogP contribution in [0.3, 0.4) is 0 Å². The van der Waals surface area contributed by atoms with Crippen molar-refractivity contribution in [3.8, 4) is 11.5 Å². The number of esters is 1. The maximum absolute atomic E-state index is 11.7. The summed E-state index contributed by atoms with van der Waals surface area (Å²) in [5, 5.41) is 0. The van der Waals surface area contributed by atoms with Crippen molar-refractivity contribution in [3.63, 3.8) is 0 Å². The zero-order valence-corrected chi connectivity index (χ0v) is 11.6. The van der Waals surface area contributed by atoms with Crippen molar-refractivity contribution in [2.24, 2.45) is 0 Å². The Morgan fingerprint density at radius 2 is 2.00 bits per heavy atom. The van der Waals surface area contributed by atoms with E-state index >= 15 is 0 Å². The molecule has 0 heterocycles. The van der Waals surface area contributed by atoms with Gasteiger partial charge >= 0.3 is 5.97 Å². The number of carbonyl (C=O) groups is 1. The molecule has 0 atom stereocenters. The zero-order valence-electron chi connectivity index (χ0n) is 11.6. The molecule has 2 aromatic rings. The minimum atomic E-state index is -0.387. The lowest BCUT2D eigenvalue weighted by Crippen LogP contribution is -2.05. The Morgan fingerprint density at radius 3 is 2.70 bits per heavy atom. The largest absolute Gasteiger partial charge is 0.462 e. The first kappa shape index (κ1) is 13.9. The van der Waals surface area contributed by atoms with Crippen molar-refractivity contribution in [1.82, 2.24) is 0 Å². The highest BCUT2D eigenvalue weighted by molar-refractivity contribution is 5.90. The van der Waals surface area contributed by atoms with Gasteiger partial charge in [-0.1, -0.05) is 12.1 Å². The van der Waals surface area contributed by atoms with Crippen LogP contribution >= 0.6 is 0 Å². The average Bonchev–Trinajstić information content (AvgIpc) is 2.41. The molecule has 104 valence electrons. The first-order valence-electron chi connectivity index (χ1n) is 6.41. The highest BCUT2D eigenvalue weighted by atomic mass is 16.5. The minimum Gasteiger partial charge on any atom is -0.462 e. The molecular formula is C16H17NO3. The highest BCUT2D eigenvalue weighted by Gasteiger charge is 2.10. The van der Waals surface area contributed by atoms with Gasteiger partial charge in [0.2, 0.25) is 0 Å². The predicted octanol–water partition coefficient (Wildman–Crippen LogP) is 3.55. The quantitative estimate of drug-likeness (QED) is 0.682. The first-order chi connectivity index (χ1) is 9.60. The third-order valence-corrected chi connectivity index (χ3v) is 2.74. The van der Waals surface area contributed by atoms with Crippen LogP contribution in [0.25, 0.3) is 0 Å². The molecule has 4 nitrogen and oxygen atoms in total. The van der Waals surface area contributed by atoms with Gasteiger partial charge in [0.15, 0.2) is 5.75 Å². The van der Waals surface area contributed by atoms with Crippen molar-refractivity contribution < 1.29 is 14.3 Å². The molecule has 0 unspecified atom stereocenters. The molecule has 20 heavy (non-hydrogen) atoms. The lowest BCUT2D eigenvalue weighted by molar-refractivity contribution is 0.0526. The number of hydrogen-bond acceptors (Lipinski definition) is 4. The molecule has 0 spiro atoms. The van der Waals surface area contributed by atoms with E-state index in [9.17, 15) is 4.79 Å². The smallest absolute Gasteiger partial charge is 0.338 e. The minimum absolute atomic E-state index is 0.331. The molecule has 2 N–H and O–H groups in total. The van der Waals surface area contributed by atoms with Crippen LogP contribution in [-0.4, -0.2) is 12.6 Å². The number of carbonyl (C=O) groups excluding carboxylic acids is 1. The summed E-state index contributed by atoms with van der Waals surface area (Å²) in [5.41, 5.74) is 7.85. The van der Waals surface area contributed by atoms with E-state index < -0.39 is 0 Å². The Kier molecular flexibility index (Phi) is 4.25. The topological polar surface area (TPSA) is 61.5 Å². The number of ether oxygens (including phenoxy) is 2. The van der Waals surface area contributed by atoms with Crippen LogP contribution in [0.1, 0.15) is 22.8 Å². The summed E-state index contributed by atoms with van der Waals surface area (Å²) in [7, 11) is 0. The van der Waals surface area contributed by atoms with E-state index in [1.54, 1.807) is 25.1 Å². The van der Waals surface area contributed by atoms with Gasteiger partial charge in [-0.15, -0.1) is 0 Å². The number of nitrogen functional groups attached to an aromatic ring is 1. The standard InChI is InChI=1S/C16H17NO3/c1-3-19-16(18)12-7-8-14(17)15(10-12)20-13-6-4-5-11(2)9-13/h4-10H,3,17H2,1-2H3. The van der Waals surface area contributed by atoms with E-state index in [4.69, 9.17) is 15.2 Å². The molecule has 0 saturated heterocycles. The van der Waals surface area contributed by atoms with Crippen molar-refractivity contribution in [1.29, 1.82) is 0 Å². The van der Waals surface area contributed by atoms with Crippen LogP contribution in [0.4, 0.5) is 5.69 Å². The molecule has 0 aliphatic heterocycles. The average molecular weight is 271 g/mol. The molecule has 0 saturated carbocycles. The number of hydrogen-bond donors (Lipinski definition) is 1. The van der Waals surface area contributed by atoms with Crippen molar-refractivity contribution in [2.75, 3.05) is 12.3 Å². The molecule has 0 aliphatic rings. The van der Waals surface area contributed by atoms with Crippen molar-refractivity contribution >= 4 is 11.7 Å². The molecule has 4 heteroatoms. The maximum Gasteiger partial charge on any atom is 0.338 e. The van der Waals surface area contributed by atoms with Gasteiger partial charge < -0.3 is 15.2 Å². The normalized spacial score (nSPS) is 10.1. The van der Waals surface area contributed by atoms with Gasteiger partial charge in [0.05, 0.1) is 17.9 Å². The number of rotatable bonds is 4. The number of aryl methyl sites for hydroxylation is 1. The van der Waals surface area contributed by atoms with E-state index in [0.717, 1.165) is 5.56 Å². The SMILES string of the molecule is CCOC(=O)c1ccc(N)c(Oc2cccc(C)c2)c1. The van der Waals surface area contributed by atoms with Crippen molar-refractivity contribution in [3.05, 3.63) is 53.6 Å². The van der Waals surface area contributed by atoms with Gasteiger partial charge in [-0.05, 0) is 49.7 Å². The zero-order chi connectivity index (χ0) is 14.5. The van der Waals surface area contributed by atoms with Gasteiger partial charge in [-0.3, -0.25) is 0 Å². The molecule has 0 amide bonds. The fourth-order valence-electron chi connectivity index (χ4n) is 1.77. The third-order valence-electron chi connectivity index (χ3n) is 2.74. The van der Waals surface area contributed by atoms with Gasteiger partial charge in [-0.2, -0.15) is 0 Å². The van der Waals surface area contributed by atoms with Gasteiger partial charge in [-0.25, -0.2) is 4.79 Å². The van der Waals surface area contributed by atoms with Crippen LogP contribution in [0, 0.1) is 6.92 Å². The van der Waals surface area contributed by atoms with Gasteiger partial charge in [0.1, 0.15) is 5.75 Å². The maximum atomic E-state index is 11.7. The van der Waals surface area contributed by atoms with Crippen LogP contribution < -0.4 is 10.5 Å². The summed E-state index contributed by atoms with van der Waals surface area (Å²) in [4.78, 5) is 11.7. The molecule has 2 rings (SSSR count). The van der Waals surface area contributed by atoms with Crippen LogP contribution in [0.15, 0.2) is 42.5 Å². The lowest BCUT2D eigenvalue weighted by Gasteiger charge is -2.10. The molecule has 0 radical (unpaired) electrons. The highest BCUT2D eigenvalue weighted by Crippen LogP contribution is 2.29. The van der Waals surface area contributed by atoms with E-state index in [1.807, 2.05) is 31.2 Å². The van der Waals surface area contributed by atoms with Gasteiger partial charge in [0, 0.05) is 0 Å². The van der Waals surface area contributed by atoms with E-state index in [0.29, 0.717) is 29.4 Å². The monoisotopic (exact) mass is 271 g/mol. The second-order valence-electron chi connectivity index (χ2n) is 4.39. The molecule has 0 bridgehead atoms. The Labute approximate surface area is 118 Å². The molecule has 2 aromatic carbocycles. The van der Waals surface area contributed by atoms with Gasteiger partial charge in [0.25, 0.3) is 0 Å². The predicted molar refractivity (Wildman–Crippen MR) is 78.1 cm³/mol. The van der Waals surface area contributed by atoms with Crippen LogP contribution in [0.2, 0.25) is 0 Å². The number of nitrogens with two attached hydrogens (primary N) is 1.